The van der Waals surface area contributed by atoms with Crippen LogP contribution in [0.3, 0.4) is 0 Å². The molecule has 2 heterocycles. The second-order valence-electron chi connectivity index (χ2n) is 6.96. The van der Waals surface area contributed by atoms with Crippen LogP contribution in [0.4, 0.5) is 13.2 Å². The fourth-order valence-corrected chi connectivity index (χ4v) is 3.64. The van der Waals surface area contributed by atoms with Crippen LogP contribution in [-0.2, 0) is 0 Å². The van der Waals surface area contributed by atoms with Gasteiger partial charge in [-0.3, -0.25) is 9.59 Å². The maximum Gasteiger partial charge on any atom is 0.446 e. The third-order valence-corrected chi connectivity index (χ3v) is 5.34. The number of thioether (sulfide) groups is 1. The van der Waals surface area contributed by atoms with Gasteiger partial charge in [0.25, 0.3) is 11.5 Å². The average molecular weight is 447 g/mol. The van der Waals surface area contributed by atoms with Crippen LogP contribution in [0.5, 0.6) is 0 Å². The summed E-state index contributed by atoms with van der Waals surface area (Å²) in [5.74, 6) is -0.154. The first-order valence-corrected chi connectivity index (χ1v) is 10.2. The third kappa shape index (κ3) is 5.48. The van der Waals surface area contributed by atoms with E-state index >= 15 is 0 Å². The monoisotopic (exact) mass is 447 g/mol. The van der Waals surface area contributed by atoms with Gasteiger partial charge in [-0.25, -0.2) is 15.0 Å². The molecule has 0 saturated heterocycles. The minimum absolute atomic E-state index is 0.0646. The molecule has 1 aromatic carbocycles. The zero-order valence-corrected chi connectivity index (χ0v) is 16.7. The molecule has 1 saturated carbocycles. The summed E-state index contributed by atoms with van der Waals surface area (Å²) in [5, 5.41) is 2.86. The van der Waals surface area contributed by atoms with Crippen molar-refractivity contribution in [3.05, 3.63) is 70.4 Å². The number of aromatic amines is 1. The molecule has 0 spiro atoms. The van der Waals surface area contributed by atoms with Gasteiger partial charge in [0.2, 0.25) is 0 Å². The van der Waals surface area contributed by atoms with Crippen molar-refractivity contribution in [3.8, 4) is 11.6 Å². The number of alkyl halides is 3. The molecule has 7 nitrogen and oxygen atoms in total. The SMILES string of the molecule is O=C(N[C@@H](c1ccc(SC(F)(F)F)cc1)C1CC1)c1cc(=O)[nH]c(-c2ncccn2)n1. The van der Waals surface area contributed by atoms with Crippen molar-refractivity contribution < 1.29 is 18.0 Å². The van der Waals surface area contributed by atoms with Gasteiger partial charge in [0.15, 0.2) is 11.6 Å². The van der Waals surface area contributed by atoms with Crippen LogP contribution in [0.1, 0.15) is 34.9 Å². The van der Waals surface area contributed by atoms with Crippen molar-refractivity contribution in [1.29, 1.82) is 0 Å². The molecule has 1 amide bonds. The van der Waals surface area contributed by atoms with E-state index in [1.54, 1.807) is 18.2 Å². The zero-order chi connectivity index (χ0) is 22.0. The molecule has 2 N–H and O–H groups in total. The highest BCUT2D eigenvalue weighted by atomic mass is 32.2. The summed E-state index contributed by atoms with van der Waals surface area (Å²) in [6.07, 6.45) is 4.74. The highest BCUT2D eigenvalue weighted by molar-refractivity contribution is 8.00. The molecule has 0 radical (unpaired) electrons. The van der Waals surface area contributed by atoms with Gasteiger partial charge in [-0.05, 0) is 54.3 Å². The summed E-state index contributed by atoms with van der Waals surface area (Å²) in [7, 11) is 0. The van der Waals surface area contributed by atoms with Gasteiger partial charge in [0.1, 0.15) is 5.69 Å². The molecule has 0 unspecified atom stereocenters. The van der Waals surface area contributed by atoms with Gasteiger partial charge in [0, 0.05) is 23.4 Å². The lowest BCUT2D eigenvalue weighted by molar-refractivity contribution is -0.0328. The Hall–Kier alpha value is -3.21. The maximum absolute atomic E-state index is 12.8. The molecular formula is C20H16F3N5O2S. The van der Waals surface area contributed by atoms with Crippen LogP contribution < -0.4 is 10.9 Å². The smallest absolute Gasteiger partial charge is 0.344 e. The fourth-order valence-electron chi connectivity index (χ4n) is 3.10. The molecule has 2 aromatic heterocycles. The molecule has 1 atom stereocenters. The third-order valence-electron chi connectivity index (χ3n) is 4.60. The molecule has 0 aliphatic heterocycles. The van der Waals surface area contributed by atoms with Gasteiger partial charge >= 0.3 is 5.51 Å². The number of rotatable bonds is 6. The van der Waals surface area contributed by atoms with E-state index in [1.165, 1.54) is 24.5 Å². The summed E-state index contributed by atoms with van der Waals surface area (Å²) in [6, 6.07) is 8.20. The summed E-state index contributed by atoms with van der Waals surface area (Å²) in [5.41, 5.74) is -4.29. The standard InChI is InChI=1S/C20H16F3N5O2S/c21-20(22,23)31-13-6-4-12(5-7-13)16(11-2-3-11)28-19(30)14-10-15(29)27-18(26-14)17-24-8-1-9-25-17/h1,4-11,16H,2-3H2,(H,28,30)(H,26,27,29)/t16-/m1/s1. The highest BCUT2D eigenvalue weighted by Crippen LogP contribution is 2.42. The molecule has 160 valence electrons. The Balaban J connectivity index is 1.55. The minimum Gasteiger partial charge on any atom is -0.344 e. The minimum atomic E-state index is -4.36. The van der Waals surface area contributed by atoms with Gasteiger partial charge < -0.3 is 10.3 Å². The largest absolute Gasteiger partial charge is 0.446 e. The van der Waals surface area contributed by atoms with E-state index < -0.39 is 23.0 Å². The van der Waals surface area contributed by atoms with Crippen LogP contribution in [-0.4, -0.2) is 31.4 Å². The Morgan fingerprint density at radius 3 is 2.45 bits per heavy atom. The summed E-state index contributed by atoms with van der Waals surface area (Å²) in [6.45, 7) is 0. The average Bonchev–Trinajstić information content (AvgIpc) is 3.57. The number of aromatic nitrogens is 4. The Kier molecular flexibility index (Phi) is 5.77. The van der Waals surface area contributed by atoms with Crippen molar-refractivity contribution in [1.82, 2.24) is 25.3 Å². The fraction of sp³-hybridized carbons (Fsp3) is 0.250. The van der Waals surface area contributed by atoms with Crippen molar-refractivity contribution in [2.75, 3.05) is 0 Å². The highest BCUT2D eigenvalue weighted by Gasteiger charge is 2.34. The van der Waals surface area contributed by atoms with E-state index in [-0.39, 0.29) is 39.9 Å². The topological polar surface area (TPSA) is 101 Å². The van der Waals surface area contributed by atoms with Crippen molar-refractivity contribution >= 4 is 17.7 Å². The maximum atomic E-state index is 12.8. The van der Waals surface area contributed by atoms with E-state index in [1.807, 2.05) is 0 Å². The lowest BCUT2D eigenvalue weighted by Crippen LogP contribution is -2.31. The van der Waals surface area contributed by atoms with E-state index in [4.69, 9.17) is 0 Å². The van der Waals surface area contributed by atoms with Crippen LogP contribution >= 0.6 is 11.8 Å². The second kappa shape index (κ2) is 8.50. The lowest BCUT2D eigenvalue weighted by atomic mass is 10.0. The predicted molar refractivity (Wildman–Crippen MR) is 107 cm³/mol. The number of H-pyrrole nitrogens is 1. The second-order valence-corrected chi connectivity index (χ2v) is 8.10. The molecule has 1 aliphatic carbocycles. The molecule has 11 heteroatoms. The van der Waals surface area contributed by atoms with Crippen LogP contribution in [0.2, 0.25) is 0 Å². The van der Waals surface area contributed by atoms with E-state index in [9.17, 15) is 22.8 Å². The summed E-state index contributed by atoms with van der Waals surface area (Å²) >= 11 is -0.190. The number of hydrogen-bond acceptors (Lipinski definition) is 6. The van der Waals surface area contributed by atoms with Crippen LogP contribution in [0, 0.1) is 5.92 Å². The van der Waals surface area contributed by atoms with Crippen molar-refractivity contribution in [2.45, 2.75) is 29.3 Å². The molecule has 4 rings (SSSR count). The first kappa shape index (κ1) is 21.0. The molecule has 1 fully saturated rings. The lowest BCUT2D eigenvalue weighted by Gasteiger charge is -2.19. The van der Waals surface area contributed by atoms with E-state index in [0.29, 0.717) is 5.56 Å². The Bertz CT molecular complexity index is 1130. The number of carbonyl (C=O) groups excluding carboxylic acids is 1. The number of carbonyl (C=O) groups is 1. The predicted octanol–water partition coefficient (Wildman–Crippen LogP) is 3.72. The quantitative estimate of drug-likeness (QED) is 0.559. The van der Waals surface area contributed by atoms with Gasteiger partial charge in [0.05, 0.1) is 6.04 Å². The molecule has 3 aromatic rings. The summed E-state index contributed by atoms with van der Waals surface area (Å²) in [4.78, 5) is 39.6. The number of nitrogens with zero attached hydrogens (tertiary/aromatic N) is 3. The van der Waals surface area contributed by atoms with Crippen molar-refractivity contribution in [2.24, 2.45) is 5.92 Å². The number of hydrogen-bond donors (Lipinski definition) is 2. The Morgan fingerprint density at radius 2 is 1.84 bits per heavy atom. The van der Waals surface area contributed by atoms with Gasteiger partial charge in [-0.1, -0.05) is 12.1 Å². The number of nitrogens with one attached hydrogen (secondary N) is 2. The van der Waals surface area contributed by atoms with E-state index in [0.717, 1.165) is 18.9 Å². The number of halogens is 3. The van der Waals surface area contributed by atoms with Crippen LogP contribution in [0.25, 0.3) is 11.6 Å². The number of amides is 1. The Labute approximate surface area is 178 Å². The molecular weight excluding hydrogens is 431 g/mol. The van der Waals surface area contributed by atoms with E-state index in [2.05, 4.69) is 25.3 Å². The normalized spacial score (nSPS) is 14.8. The Morgan fingerprint density at radius 1 is 1.16 bits per heavy atom. The molecule has 0 bridgehead atoms. The van der Waals surface area contributed by atoms with Gasteiger partial charge in [-0.2, -0.15) is 13.2 Å². The van der Waals surface area contributed by atoms with Crippen LogP contribution in [0.15, 0.2) is 58.5 Å². The van der Waals surface area contributed by atoms with Crippen molar-refractivity contribution in [3.63, 3.8) is 0 Å². The molecule has 1 aliphatic rings. The summed E-state index contributed by atoms with van der Waals surface area (Å²) < 4.78 is 37.6. The first-order chi connectivity index (χ1) is 14.8. The first-order valence-electron chi connectivity index (χ1n) is 9.34. The van der Waals surface area contributed by atoms with Gasteiger partial charge in [-0.15, -0.1) is 0 Å². The number of benzene rings is 1. The molecule has 31 heavy (non-hydrogen) atoms. The zero-order valence-electron chi connectivity index (χ0n) is 15.9.